The molecule has 0 radical (unpaired) electrons. The summed E-state index contributed by atoms with van der Waals surface area (Å²) in [5.74, 6) is -1.77. The van der Waals surface area contributed by atoms with Gasteiger partial charge in [0, 0.05) is 62.4 Å². The molecule has 0 saturated carbocycles. The van der Waals surface area contributed by atoms with E-state index in [2.05, 4.69) is 107 Å². The molecule has 9 aromatic rings. The predicted octanol–water partition coefficient (Wildman–Crippen LogP) is 14.0. The van der Waals surface area contributed by atoms with Gasteiger partial charge in [0.05, 0.1) is 44.0 Å². The third-order valence-corrected chi connectivity index (χ3v) is 14.2. The van der Waals surface area contributed by atoms with Gasteiger partial charge in [0.25, 0.3) is 0 Å². The molecule has 0 bridgehead atoms. The van der Waals surface area contributed by atoms with Crippen LogP contribution in [0.1, 0.15) is 96.7 Å². The number of methoxy groups -OCH3 is 1. The molecule has 3 atom stereocenters. The fourth-order valence-electron chi connectivity index (χ4n) is 9.55. The predicted molar refractivity (Wildman–Crippen MR) is 333 cm³/mol. The van der Waals surface area contributed by atoms with Crippen LogP contribution >= 0.6 is 0 Å². The number of aldehydes is 1. The Morgan fingerprint density at radius 1 is 0.429 bits per heavy atom. The molecule has 0 heterocycles. The minimum atomic E-state index is -0.566. The number of rotatable bonds is 26. The van der Waals surface area contributed by atoms with Crippen LogP contribution < -0.4 is 9.80 Å². The highest BCUT2D eigenvalue weighted by Gasteiger charge is 2.22. The second-order valence-corrected chi connectivity index (χ2v) is 20.1. The fraction of sp³-hybridized carbons (Fsp3) is 0.205. The van der Waals surface area contributed by atoms with E-state index < -0.39 is 11.9 Å². The molecule has 11 heteroatoms. The van der Waals surface area contributed by atoms with Gasteiger partial charge in [0.1, 0.15) is 6.29 Å². The smallest absolute Gasteiger partial charge is 0.338 e. The Labute approximate surface area is 494 Å². The van der Waals surface area contributed by atoms with Crippen LogP contribution in [0.3, 0.4) is 0 Å². The molecule has 2 N–H and O–H groups in total. The SMILES string of the molecule is COC(=O)[C@H](CC=O)c1ccc(N(Cc2ccccc2)Cc2ccccc2)cc1.O=C(OCC[C@@H](COC(=O)c1ccccc1)c1ccc(N(Cc2ccccc2)Cc2ccccc2)cc1)c1ccccc1.OCC[C@@H](CO)c1ccccc1. The highest BCUT2D eigenvalue weighted by molar-refractivity contribution is 5.90. The van der Waals surface area contributed by atoms with E-state index in [0.29, 0.717) is 24.0 Å². The van der Waals surface area contributed by atoms with Crippen molar-refractivity contribution in [3.8, 4) is 0 Å². The van der Waals surface area contributed by atoms with Gasteiger partial charge >= 0.3 is 17.9 Å². The van der Waals surface area contributed by atoms with E-state index in [9.17, 15) is 19.2 Å². The number of anilines is 2. The lowest BCUT2D eigenvalue weighted by Gasteiger charge is -2.26. The van der Waals surface area contributed by atoms with Crippen LogP contribution in [0.2, 0.25) is 0 Å². The van der Waals surface area contributed by atoms with E-state index >= 15 is 0 Å². The van der Waals surface area contributed by atoms with Crippen molar-refractivity contribution in [2.45, 2.75) is 63.2 Å². The number of carbonyl (C=O) groups is 4. The first-order valence-electron chi connectivity index (χ1n) is 28.3. The maximum absolute atomic E-state index is 12.7. The normalized spacial score (nSPS) is 11.6. The molecular formula is C73H74N2O9. The van der Waals surface area contributed by atoms with Gasteiger partial charge in [-0.25, -0.2) is 9.59 Å². The number of hydrogen-bond acceptors (Lipinski definition) is 11. The third kappa shape index (κ3) is 20.2. The highest BCUT2D eigenvalue weighted by Crippen LogP contribution is 2.29. The van der Waals surface area contributed by atoms with Gasteiger partial charge in [-0.15, -0.1) is 0 Å². The van der Waals surface area contributed by atoms with Gasteiger partial charge in [-0.3, -0.25) is 4.79 Å². The average molecular weight is 1120 g/mol. The first-order chi connectivity index (χ1) is 41.2. The van der Waals surface area contributed by atoms with Crippen LogP contribution in [-0.2, 0) is 50.0 Å². The van der Waals surface area contributed by atoms with Gasteiger partial charge in [0.15, 0.2) is 0 Å². The van der Waals surface area contributed by atoms with Crippen molar-refractivity contribution in [1.82, 2.24) is 0 Å². The number of hydrogen-bond donors (Lipinski definition) is 2. The molecule has 0 spiro atoms. The summed E-state index contributed by atoms with van der Waals surface area (Å²) in [7, 11) is 1.34. The molecule has 0 unspecified atom stereocenters. The standard InChI is InChI=1S/C38H35NO4.C25H25NO3.C10H14O2/c40-37(33-17-9-3-10-18-33)42-26-25-35(29-43-38(41)34-19-11-4-12-20-34)32-21-23-36(24-22-32)39(27-30-13-5-1-6-14-30)28-31-15-7-2-8-16-31;1-29-25(28)24(16-17-27)22-12-14-23(15-13-22)26(18-20-8-4-2-5-9-20)19-21-10-6-3-7-11-21;11-7-6-10(8-12)9-4-2-1-3-5-9/h1-24,35H,25-29H2;2-15,17,24H,16,18-19H2,1H3;1-5,10-12H,6-8H2/t35-;24-;10-/m010/s1. The molecule has 0 fully saturated rings. The van der Waals surface area contributed by atoms with Crippen LogP contribution in [0.4, 0.5) is 11.4 Å². The van der Waals surface area contributed by atoms with Crippen molar-refractivity contribution in [2.75, 3.05) is 43.3 Å². The molecule has 0 aromatic heterocycles. The molecule has 9 rings (SSSR count). The molecule has 9 aromatic carbocycles. The van der Waals surface area contributed by atoms with Gasteiger partial charge in [-0.1, -0.05) is 212 Å². The van der Waals surface area contributed by atoms with Crippen LogP contribution in [0.25, 0.3) is 0 Å². The molecule has 0 aliphatic rings. The van der Waals surface area contributed by atoms with Crippen molar-refractivity contribution in [2.24, 2.45) is 0 Å². The third-order valence-electron chi connectivity index (χ3n) is 14.2. The Balaban J connectivity index is 0.000000211. The second-order valence-electron chi connectivity index (χ2n) is 20.1. The maximum atomic E-state index is 12.7. The van der Waals surface area contributed by atoms with Crippen molar-refractivity contribution < 1.29 is 43.6 Å². The molecule has 430 valence electrons. The van der Waals surface area contributed by atoms with Crippen LogP contribution in [0.5, 0.6) is 0 Å². The molecule has 0 amide bonds. The van der Waals surface area contributed by atoms with Crippen molar-refractivity contribution in [1.29, 1.82) is 0 Å². The Hall–Kier alpha value is -9.42. The monoisotopic (exact) mass is 1120 g/mol. The summed E-state index contributed by atoms with van der Waals surface area (Å²) in [5, 5.41) is 17.7. The van der Waals surface area contributed by atoms with E-state index in [1.807, 2.05) is 140 Å². The van der Waals surface area contributed by atoms with Crippen LogP contribution in [0.15, 0.2) is 261 Å². The van der Waals surface area contributed by atoms with E-state index in [-0.39, 0.29) is 56.6 Å². The Morgan fingerprint density at radius 3 is 1.15 bits per heavy atom. The molecule has 84 heavy (non-hydrogen) atoms. The second kappa shape index (κ2) is 34.8. The number of aliphatic hydroxyl groups is 2. The van der Waals surface area contributed by atoms with Gasteiger partial charge in [0.2, 0.25) is 0 Å². The van der Waals surface area contributed by atoms with Crippen LogP contribution in [0, 0.1) is 0 Å². The highest BCUT2D eigenvalue weighted by atomic mass is 16.5. The van der Waals surface area contributed by atoms with Gasteiger partial charge in [-0.05, 0) is 100 Å². The largest absolute Gasteiger partial charge is 0.469 e. The summed E-state index contributed by atoms with van der Waals surface area (Å²) in [6.45, 7) is 3.68. The van der Waals surface area contributed by atoms with Crippen LogP contribution in [-0.4, -0.2) is 67.9 Å². The zero-order chi connectivity index (χ0) is 59.0. The lowest BCUT2D eigenvalue weighted by molar-refractivity contribution is -0.143. The quantitative estimate of drug-likeness (QED) is 0.0304. The summed E-state index contributed by atoms with van der Waals surface area (Å²) in [5.41, 5.74) is 11.0. The van der Waals surface area contributed by atoms with Gasteiger partial charge < -0.3 is 39.0 Å². The first kappa shape index (κ1) is 62.2. The zero-order valence-corrected chi connectivity index (χ0v) is 47.6. The summed E-state index contributed by atoms with van der Waals surface area (Å²) < 4.78 is 16.2. The van der Waals surface area contributed by atoms with Crippen molar-refractivity contribution >= 4 is 35.6 Å². The number of nitrogens with zero attached hydrogens (tertiary/aromatic N) is 2. The fourth-order valence-corrected chi connectivity index (χ4v) is 9.55. The molecule has 0 aliphatic heterocycles. The summed E-state index contributed by atoms with van der Waals surface area (Å²) in [4.78, 5) is 52.9. The van der Waals surface area contributed by atoms with E-state index in [1.54, 1.807) is 24.3 Å². The molecule has 0 saturated heterocycles. The Morgan fingerprint density at radius 2 is 0.786 bits per heavy atom. The summed E-state index contributed by atoms with van der Waals surface area (Å²) >= 11 is 0. The first-order valence-corrected chi connectivity index (χ1v) is 28.3. The van der Waals surface area contributed by atoms with E-state index in [4.69, 9.17) is 24.4 Å². The summed E-state index contributed by atoms with van der Waals surface area (Å²) in [6, 6.07) is 85.4. The van der Waals surface area contributed by atoms with Crippen molar-refractivity contribution in [3.05, 3.63) is 311 Å². The zero-order valence-electron chi connectivity index (χ0n) is 47.6. The topological polar surface area (TPSA) is 143 Å². The minimum Gasteiger partial charge on any atom is -0.469 e. The summed E-state index contributed by atoms with van der Waals surface area (Å²) in [6.07, 6.45) is 2.01. The number of benzene rings is 9. The average Bonchev–Trinajstić information content (AvgIpc) is 3.57. The number of esters is 3. The number of aliphatic hydroxyl groups excluding tert-OH is 2. The van der Waals surface area contributed by atoms with E-state index in [0.717, 1.165) is 60.5 Å². The lowest BCUT2D eigenvalue weighted by atomic mass is 9.96. The Bertz CT molecular complexity index is 3200. The van der Waals surface area contributed by atoms with E-state index in [1.165, 1.54) is 29.4 Å². The van der Waals surface area contributed by atoms with Gasteiger partial charge in [-0.2, -0.15) is 0 Å². The van der Waals surface area contributed by atoms with Crippen molar-refractivity contribution in [3.63, 3.8) is 0 Å². The molecule has 11 nitrogen and oxygen atoms in total. The minimum absolute atomic E-state index is 0.0798. The lowest BCUT2D eigenvalue weighted by Crippen LogP contribution is -2.22. The Kier molecular flexibility index (Phi) is 25.7. The molecule has 0 aliphatic carbocycles. The molecular weight excluding hydrogens is 1050 g/mol. The number of carbonyl (C=O) groups excluding carboxylic acids is 4. The number of ether oxygens (including phenoxy) is 3. The maximum Gasteiger partial charge on any atom is 0.338 e.